The maximum Gasteiger partial charge on any atom is 0.186 e. The lowest BCUT2D eigenvalue weighted by Gasteiger charge is -2.11. The molecule has 0 bridgehead atoms. The van der Waals surface area contributed by atoms with Gasteiger partial charge in [0.15, 0.2) is 5.78 Å². The van der Waals surface area contributed by atoms with Crippen LogP contribution in [-0.4, -0.2) is 15.6 Å². The van der Waals surface area contributed by atoms with Crippen molar-refractivity contribution in [3.63, 3.8) is 0 Å². The standard InChI is InChI=1S/C16H15FN2O/c17-12-8-14(10-4-2-1-3-5-10)19-15(12)9-13(18-19)16(20)11-6-7-11/h1-5,9,11-12,14H,6-8H2. The number of nitrogens with zero attached hydrogens (tertiary/aromatic N) is 2. The predicted octanol–water partition coefficient (Wildman–Crippen LogP) is 3.48. The van der Waals surface area contributed by atoms with E-state index < -0.39 is 6.17 Å². The van der Waals surface area contributed by atoms with Crippen LogP contribution in [0.25, 0.3) is 0 Å². The molecule has 102 valence electrons. The zero-order chi connectivity index (χ0) is 13.7. The van der Waals surface area contributed by atoms with Gasteiger partial charge in [-0.1, -0.05) is 30.3 Å². The van der Waals surface area contributed by atoms with Crippen molar-refractivity contribution in [2.45, 2.75) is 31.5 Å². The minimum absolute atomic E-state index is 0.0749. The monoisotopic (exact) mass is 270 g/mol. The molecule has 20 heavy (non-hydrogen) atoms. The number of hydrogen-bond acceptors (Lipinski definition) is 2. The first-order valence-corrected chi connectivity index (χ1v) is 7.06. The van der Waals surface area contributed by atoms with Gasteiger partial charge in [-0.15, -0.1) is 0 Å². The van der Waals surface area contributed by atoms with E-state index in [0.29, 0.717) is 17.8 Å². The number of halogens is 1. The third kappa shape index (κ3) is 1.79. The van der Waals surface area contributed by atoms with Crippen molar-refractivity contribution < 1.29 is 9.18 Å². The summed E-state index contributed by atoms with van der Waals surface area (Å²) in [6.45, 7) is 0. The van der Waals surface area contributed by atoms with Crippen LogP contribution >= 0.6 is 0 Å². The molecule has 2 aromatic rings. The zero-order valence-electron chi connectivity index (χ0n) is 11.0. The Morgan fingerprint density at radius 2 is 2.00 bits per heavy atom. The first kappa shape index (κ1) is 11.8. The molecule has 0 saturated heterocycles. The molecule has 0 spiro atoms. The first-order chi connectivity index (χ1) is 9.74. The van der Waals surface area contributed by atoms with Gasteiger partial charge in [0, 0.05) is 12.3 Å². The average Bonchev–Trinajstić information content (AvgIpc) is 3.15. The third-order valence-electron chi connectivity index (χ3n) is 4.20. The van der Waals surface area contributed by atoms with Crippen LogP contribution in [-0.2, 0) is 0 Å². The summed E-state index contributed by atoms with van der Waals surface area (Å²) in [4.78, 5) is 12.1. The van der Waals surface area contributed by atoms with Gasteiger partial charge in [-0.25, -0.2) is 4.39 Å². The summed E-state index contributed by atoms with van der Waals surface area (Å²) in [5.41, 5.74) is 2.02. The normalized spacial score (nSPS) is 24.6. The molecular weight excluding hydrogens is 255 g/mol. The second kappa shape index (κ2) is 4.27. The highest BCUT2D eigenvalue weighted by Crippen LogP contribution is 2.41. The number of aromatic nitrogens is 2. The summed E-state index contributed by atoms with van der Waals surface area (Å²) in [5, 5.41) is 4.39. The summed E-state index contributed by atoms with van der Waals surface area (Å²) >= 11 is 0. The Morgan fingerprint density at radius 1 is 1.25 bits per heavy atom. The van der Waals surface area contributed by atoms with Crippen LogP contribution in [0.4, 0.5) is 4.39 Å². The molecule has 4 heteroatoms. The van der Waals surface area contributed by atoms with E-state index in [1.807, 2.05) is 30.3 Å². The summed E-state index contributed by atoms with van der Waals surface area (Å²) in [6, 6.07) is 11.3. The van der Waals surface area contributed by atoms with Gasteiger partial charge < -0.3 is 0 Å². The van der Waals surface area contributed by atoms with Gasteiger partial charge in [-0.05, 0) is 24.5 Å². The van der Waals surface area contributed by atoms with Crippen molar-refractivity contribution in [2.75, 3.05) is 0 Å². The van der Waals surface area contributed by atoms with Gasteiger partial charge in [0.1, 0.15) is 11.9 Å². The topological polar surface area (TPSA) is 34.9 Å². The van der Waals surface area contributed by atoms with Crippen LogP contribution in [0, 0.1) is 5.92 Å². The van der Waals surface area contributed by atoms with Crippen LogP contribution in [0.1, 0.15) is 53.2 Å². The lowest BCUT2D eigenvalue weighted by molar-refractivity contribution is 0.0961. The number of ketones is 1. The molecule has 1 aromatic heterocycles. The van der Waals surface area contributed by atoms with Gasteiger partial charge >= 0.3 is 0 Å². The van der Waals surface area contributed by atoms with Gasteiger partial charge in [0.2, 0.25) is 0 Å². The van der Waals surface area contributed by atoms with E-state index in [2.05, 4.69) is 5.10 Å². The molecule has 0 amide bonds. The Kier molecular flexibility index (Phi) is 2.52. The number of benzene rings is 1. The fraction of sp³-hybridized carbons (Fsp3) is 0.375. The van der Waals surface area contributed by atoms with Crippen molar-refractivity contribution in [1.29, 1.82) is 0 Å². The Bertz CT molecular complexity index is 660. The van der Waals surface area contributed by atoms with Gasteiger partial charge in [-0.3, -0.25) is 9.48 Å². The Hall–Kier alpha value is -1.97. The second-order valence-electron chi connectivity index (χ2n) is 5.67. The Morgan fingerprint density at radius 3 is 2.70 bits per heavy atom. The molecule has 0 radical (unpaired) electrons. The molecule has 2 unspecified atom stereocenters. The highest BCUT2D eigenvalue weighted by molar-refractivity contribution is 5.97. The molecule has 2 heterocycles. The maximum absolute atomic E-state index is 14.2. The highest BCUT2D eigenvalue weighted by Gasteiger charge is 2.37. The van der Waals surface area contributed by atoms with Crippen LogP contribution in [0.15, 0.2) is 36.4 Å². The number of carbonyl (C=O) groups is 1. The quantitative estimate of drug-likeness (QED) is 0.800. The van der Waals surface area contributed by atoms with Gasteiger partial charge in [-0.2, -0.15) is 5.10 Å². The Labute approximate surface area is 116 Å². The van der Waals surface area contributed by atoms with E-state index in [-0.39, 0.29) is 17.7 Å². The number of fused-ring (bicyclic) bond motifs is 1. The van der Waals surface area contributed by atoms with E-state index >= 15 is 0 Å². The van der Waals surface area contributed by atoms with Crippen LogP contribution in [0.5, 0.6) is 0 Å². The molecule has 2 atom stereocenters. The summed E-state index contributed by atoms with van der Waals surface area (Å²) < 4.78 is 15.9. The number of Topliss-reactive ketones (excluding diaryl/α,β-unsaturated/α-hetero) is 1. The van der Waals surface area contributed by atoms with Crippen LogP contribution in [0.2, 0.25) is 0 Å². The molecule has 4 rings (SSSR count). The van der Waals surface area contributed by atoms with Crippen molar-refractivity contribution in [1.82, 2.24) is 9.78 Å². The molecular formula is C16H15FN2O. The van der Waals surface area contributed by atoms with Gasteiger partial charge in [0.25, 0.3) is 0 Å². The predicted molar refractivity (Wildman–Crippen MR) is 72.3 cm³/mol. The van der Waals surface area contributed by atoms with E-state index in [1.54, 1.807) is 10.7 Å². The number of hydrogen-bond donors (Lipinski definition) is 0. The maximum atomic E-state index is 14.2. The number of rotatable bonds is 3. The molecule has 1 aliphatic carbocycles. The SMILES string of the molecule is O=C(c1cc2n(n1)C(c1ccccc1)CC2F)C1CC1. The van der Waals surface area contributed by atoms with E-state index in [9.17, 15) is 9.18 Å². The molecule has 1 aliphatic heterocycles. The number of carbonyl (C=O) groups excluding carboxylic acids is 1. The third-order valence-corrected chi connectivity index (χ3v) is 4.20. The van der Waals surface area contributed by atoms with Crippen molar-refractivity contribution >= 4 is 5.78 Å². The highest BCUT2D eigenvalue weighted by atomic mass is 19.1. The minimum Gasteiger partial charge on any atom is -0.292 e. The van der Waals surface area contributed by atoms with Crippen LogP contribution in [0.3, 0.4) is 0 Å². The lowest BCUT2D eigenvalue weighted by Crippen LogP contribution is -2.10. The van der Waals surface area contributed by atoms with Crippen molar-refractivity contribution in [3.05, 3.63) is 53.3 Å². The molecule has 1 fully saturated rings. The summed E-state index contributed by atoms with van der Waals surface area (Å²) in [7, 11) is 0. The van der Waals surface area contributed by atoms with E-state index in [4.69, 9.17) is 0 Å². The van der Waals surface area contributed by atoms with E-state index in [1.165, 1.54) is 0 Å². The van der Waals surface area contributed by atoms with E-state index in [0.717, 1.165) is 18.4 Å². The molecule has 2 aliphatic rings. The molecule has 0 N–H and O–H groups in total. The molecule has 1 aromatic carbocycles. The zero-order valence-corrected chi connectivity index (χ0v) is 11.0. The fourth-order valence-corrected chi connectivity index (χ4v) is 2.94. The smallest absolute Gasteiger partial charge is 0.186 e. The van der Waals surface area contributed by atoms with Crippen LogP contribution < -0.4 is 0 Å². The van der Waals surface area contributed by atoms with Crippen molar-refractivity contribution in [2.24, 2.45) is 5.92 Å². The summed E-state index contributed by atoms with van der Waals surface area (Å²) in [5.74, 6) is 0.199. The molecule has 1 saturated carbocycles. The lowest BCUT2D eigenvalue weighted by atomic mass is 10.0. The van der Waals surface area contributed by atoms with Crippen molar-refractivity contribution in [3.8, 4) is 0 Å². The van der Waals surface area contributed by atoms with Gasteiger partial charge in [0.05, 0.1) is 11.7 Å². The fourth-order valence-electron chi connectivity index (χ4n) is 2.94. The largest absolute Gasteiger partial charge is 0.292 e. The second-order valence-corrected chi connectivity index (χ2v) is 5.67. The summed E-state index contributed by atoms with van der Waals surface area (Å²) in [6.07, 6.45) is 1.27. The molecule has 3 nitrogen and oxygen atoms in total. The average molecular weight is 270 g/mol. The first-order valence-electron chi connectivity index (χ1n) is 7.06. The Balaban J connectivity index is 1.72. The minimum atomic E-state index is -1.03. The number of alkyl halides is 1.